The molecule has 0 aliphatic rings. The third-order valence-corrected chi connectivity index (χ3v) is 2.81. The number of nitrogens with zero attached hydrogens (tertiary/aromatic N) is 1. The van der Waals surface area contributed by atoms with Crippen molar-refractivity contribution < 1.29 is 9.53 Å². The van der Waals surface area contributed by atoms with Crippen molar-refractivity contribution in [2.45, 2.75) is 6.92 Å². The largest absolute Gasteiger partial charge is 0.449 e. The van der Waals surface area contributed by atoms with Gasteiger partial charge in [-0.15, -0.1) is 0 Å². The Labute approximate surface area is 113 Å². The molecule has 0 radical (unpaired) electrons. The van der Waals surface area contributed by atoms with Gasteiger partial charge in [0.2, 0.25) is 0 Å². The highest BCUT2D eigenvalue weighted by atomic mass is 35.5. The van der Waals surface area contributed by atoms with Crippen LogP contribution in [0.2, 0.25) is 10.0 Å². The van der Waals surface area contributed by atoms with Gasteiger partial charge in [0.15, 0.2) is 5.82 Å². The topological polar surface area (TPSA) is 79.0 Å². The maximum atomic E-state index is 11.1. The van der Waals surface area contributed by atoms with Crippen molar-refractivity contribution in [1.82, 2.24) is 15.6 Å². The second-order valence-corrected chi connectivity index (χ2v) is 4.14. The fourth-order valence-corrected chi connectivity index (χ4v) is 1.87. The summed E-state index contributed by atoms with van der Waals surface area (Å²) in [5.41, 5.74) is 5.53. The summed E-state index contributed by atoms with van der Waals surface area (Å²) >= 11 is 12.0. The number of halogens is 2. The Balaban J connectivity index is 2.24. The van der Waals surface area contributed by atoms with E-state index in [9.17, 15) is 4.79 Å². The van der Waals surface area contributed by atoms with Gasteiger partial charge in [0.25, 0.3) is 0 Å². The van der Waals surface area contributed by atoms with E-state index in [1.54, 1.807) is 19.1 Å². The van der Waals surface area contributed by atoms with Crippen LogP contribution in [0.15, 0.2) is 12.1 Å². The molecule has 96 valence electrons. The number of aromatic amines is 1. The molecule has 0 atom stereocenters. The Morgan fingerprint density at radius 3 is 2.89 bits per heavy atom. The second-order valence-electron chi connectivity index (χ2n) is 3.32. The van der Waals surface area contributed by atoms with Gasteiger partial charge in [-0.3, -0.25) is 10.5 Å². The van der Waals surface area contributed by atoms with E-state index in [4.69, 9.17) is 27.9 Å². The van der Waals surface area contributed by atoms with Gasteiger partial charge in [-0.05, 0) is 19.1 Å². The molecule has 0 saturated heterocycles. The average Bonchev–Trinajstić information content (AvgIpc) is 2.77. The molecule has 0 aliphatic heterocycles. The number of hydrogen-bond donors (Lipinski definition) is 3. The van der Waals surface area contributed by atoms with Crippen LogP contribution < -0.4 is 10.9 Å². The number of amides is 1. The summed E-state index contributed by atoms with van der Waals surface area (Å²) in [6.07, 6.45) is -0.605. The maximum Gasteiger partial charge on any atom is 0.425 e. The van der Waals surface area contributed by atoms with Gasteiger partial charge in [-0.25, -0.2) is 10.2 Å². The number of hydrazine groups is 1. The first-order chi connectivity index (χ1) is 8.63. The Bertz CT molecular complexity index is 585. The Hall–Kier alpha value is -1.66. The van der Waals surface area contributed by atoms with Gasteiger partial charge < -0.3 is 4.74 Å². The lowest BCUT2D eigenvalue weighted by atomic mass is 10.2. The number of carbonyl (C=O) groups is 1. The number of benzene rings is 1. The zero-order chi connectivity index (χ0) is 13.1. The summed E-state index contributed by atoms with van der Waals surface area (Å²) in [4.78, 5) is 11.1. The summed E-state index contributed by atoms with van der Waals surface area (Å²) in [6.45, 7) is 1.99. The van der Waals surface area contributed by atoms with E-state index in [2.05, 4.69) is 21.0 Å². The number of ether oxygens (including phenoxy) is 1. The molecule has 1 aromatic heterocycles. The monoisotopic (exact) mass is 288 g/mol. The van der Waals surface area contributed by atoms with Gasteiger partial charge in [0, 0.05) is 0 Å². The molecule has 1 heterocycles. The van der Waals surface area contributed by atoms with E-state index in [0.29, 0.717) is 26.8 Å². The van der Waals surface area contributed by atoms with Crippen LogP contribution in [0, 0.1) is 0 Å². The van der Waals surface area contributed by atoms with Gasteiger partial charge in [0.05, 0.1) is 27.6 Å². The van der Waals surface area contributed by atoms with Crippen LogP contribution in [0.5, 0.6) is 0 Å². The molecule has 1 aromatic carbocycles. The zero-order valence-electron chi connectivity index (χ0n) is 9.38. The summed E-state index contributed by atoms with van der Waals surface area (Å²) in [5, 5.41) is 8.26. The number of nitrogens with one attached hydrogen (secondary N) is 3. The number of rotatable bonds is 3. The predicted octanol–water partition coefficient (Wildman–Crippen LogP) is 2.94. The molecular formula is C10H10Cl2N4O2. The lowest BCUT2D eigenvalue weighted by Gasteiger charge is -2.06. The highest BCUT2D eigenvalue weighted by Gasteiger charge is 2.12. The molecule has 0 unspecified atom stereocenters. The van der Waals surface area contributed by atoms with Crippen molar-refractivity contribution in [3.05, 3.63) is 22.2 Å². The van der Waals surface area contributed by atoms with Gasteiger partial charge in [-0.2, -0.15) is 5.10 Å². The molecule has 8 heteroatoms. The maximum absolute atomic E-state index is 11.1. The predicted molar refractivity (Wildman–Crippen MR) is 69.9 cm³/mol. The molecule has 2 rings (SSSR count). The molecule has 0 fully saturated rings. The van der Waals surface area contributed by atoms with Crippen LogP contribution in [-0.2, 0) is 4.74 Å². The molecular weight excluding hydrogens is 279 g/mol. The highest BCUT2D eigenvalue weighted by Crippen LogP contribution is 2.32. The van der Waals surface area contributed by atoms with Crippen LogP contribution in [0.3, 0.4) is 0 Å². The standard InChI is InChI=1S/C10H10Cl2N4O2/c1-2-18-10(17)16-15-9-7-5(11)3-4-6(12)8(7)13-14-9/h3-4H,2H2,1H3,(H,16,17)(H2,13,14,15). The van der Waals surface area contributed by atoms with Crippen molar-refractivity contribution in [2.75, 3.05) is 12.0 Å². The number of fused-ring (bicyclic) bond motifs is 1. The average molecular weight is 289 g/mol. The van der Waals surface area contributed by atoms with Crippen molar-refractivity contribution >= 4 is 46.0 Å². The Kier molecular flexibility index (Phi) is 3.78. The van der Waals surface area contributed by atoms with E-state index < -0.39 is 6.09 Å². The van der Waals surface area contributed by atoms with Gasteiger partial charge in [-0.1, -0.05) is 23.2 Å². The minimum absolute atomic E-state index is 0.279. The minimum Gasteiger partial charge on any atom is -0.449 e. The van der Waals surface area contributed by atoms with Crippen molar-refractivity contribution in [1.29, 1.82) is 0 Å². The molecule has 0 aliphatic carbocycles. The fraction of sp³-hybridized carbons (Fsp3) is 0.200. The first kappa shape index (κ1) is 12.8. The van der Waals surface area contributed by atoms with E-state index in [0.717, 1.165) is 0 Å². The van der Waals surface area contributed by atoms with Crippen LogP contribution in [0.4, 0.5) is 10.6 Å². The quantitative estimate of drug-likeness (QED) is 0.759. The van der Waals surface area contributed by atoms with Crippen LogP contribution in [-0.4, -0.2) is 22.9 Å². The van der Waals surface area contributed by atoms with Crippen molar-refractivity contribution in [3.63, 3.8) is 0 Å². The lowest BCUT2D eigenvalue weighted by Crippen LogP contribution is -2.30. The summed E-state index contributed by atoms with van der Waals surface area (Å²) < 4.78 is 4.70. The molecule has 1 amide bonds. The van der Waals surface area contributed by atoms with E-state index in [1.807, 2.05) is 0 Å². The smallest absolute Gasteiger partial charge is 0.425 e. The van der Waals surface area contributed by atoms with E-state index >= 15 is 0 Å². The van der Waals surface area contributed by atoms with Gasteiger partial charge in [0.1, 0.15) is 0 Å². The lowest BCUT2D eigenvalue weighted by molar-refractivity contribution is 0.154. The Morgan fingerprint density at radius 1 is 1.44 bits per heavy atom. The molecule has 6 nitrogen and oxygen atoms in total. The van der Waals surface area contributed by atoms with Crippen molar-refractivity contribution in [3.8, 4) is 0 Å². The van der Waals surface area contributed by atoms with Crippen LogP contribution in [0.25, 0.3) is 10.9 Å². The second kappa shape index (κ2) is 5.32. The molecule has 18 heavy (non-hydrogen) atoms. The third kappa shape index (κ3) is 2.44. The number of carbonyl (C=O) groups excluding carboxylic acids is 1. The first-order valence-electron chi connectivity index (χ1n) is 5.14. The van der Waals surface area contributed by atoms with Crippen LogP contribution >= 0.6 is 23.2 Å². The Morgan fingerprint density at radius 2 is 2.17 bits per heavy atom. The molecule has 0 bridgehead atoms. The van der Waals surface area contributed by atoms with E-state index in [1.165, 1.54) is 0 Å². The minimum atomic E-state index is -0.605. The number of hydrogen-bond acceptors (Lipinski definition) is 4. The molecule has 0 saturated carbocycles. The SMILES string of the molecule is CCOC(=O)NNc1n[nH]c2c(Cl)ccc(Cl)c12. The van der Waals surface area contributed by atoms with Crippen LogP contribution in [0.1, 0.15) is 6.92 Å². The zero-order valence-corrected chi connectivity index (χ0v) is 10.9. The fourth-order valence-electron chi connectivity index (χ4n) is 1.43. The summed E-state index contributed by atoms with van der Waals surface area (Å²) in [6, 6.07) is 3.31. The van der Waals surface area contributed by atoms with Gasteiger partial charge >= 0.3 is 6.09 Å². The summed E-state index contributed by atoms with van der Waals surface area (Å²) in [5.74, 6) is 0.366. The molecule has 3 N–H and O–H groups in total. The van der Waals surface area contributed by atoms with E-state index in [-0.39, 0.29) is 6.61 Å². The number of H-pyrrole nitrogens is 1. The molecule has 2 aromatic rings. The normalized spacial score (nSPS) is 10.4. The summed E-state index contributed by atoms with van der Waals surface area (Å²) in [7, 11) is 0. The third-order valence-electron chi connectivity index (χ3n) is 2.18. The first-order valence-corrected chi connectivity index (χ1v) is 5.90. The molecule has 0 spiro atoms. The number of aromatic nitrogens is 2. The number of anilines is 1. The van der Waals surface area contributed by atoms with Crippen molar-refractivity contribution in [2.24, 2.45) is 0 Å². The highest BCUT2D eigenvalue weighted by molar-refractivity contribution is 6.40.